The van der Waals surface area contributed by atoms with Gasteiger partial charge in [0.15, 0.2) is 9.84 Å². The molecule has 1 saturated heterocycles. The maximum atomic E-state index is 13.3. The minimum Gasteiger partial charge on any atom is -0.489 e. The quantitative estimate of drug-likeness (QED) is 0.346. The van der Waals surface area contributed by atoms with Gasteiger partial charge in [-0.15, -0.1) is 0 Å². The molecule has 0 spiro atoms. The normalized spacial score (nSPS) is 20.2. The predicted molar refractivity (Wildman–Crippen MR) is 134 cm³/mol. The molecular weight excluding hydrogens is 506 g/mol. The van der Waals surface area contributed by atoms with E-state index in [4.69, 9.17) is 9.94 Å². The van der Waals surface area contributed by atoms with Crippen LogP contribution in [0.15, 0.2) is 54.6 Å². The highest BCUT2D eigenvalue weighted by Gasteiger charge is 2.52. The highest BCUT2D eigenvalue weighted by atomic mass is 32.2. The highest BCUT2D eigenvalue weighted by Crippen LogP contribution is 2.40. The van der Waals surface area contributed by atoms with Crippen LogP contribution in [0.1, 0.15) is 23.2 Å². The number of aryl methyl sites for hydroxylation is 1. The van der Waals surface area contributed by atoms with E-state index >= 15 is 0 Å². The van der Waals surface area contributed by atoms with Crippen molar-refractivity contribution in [1.82, 2.24) is 14.8 Å². The largest absolute Gasteiger partial charge is 0.489 e. The zero-order valence-electron chi connectivity index (χ0n) is 19.8. The molecule has 1 aromatic heterocycles. The number of hydroxylamine groups is 1. The van der Waals surface area contributed by atoms with Crippen molar-refractivity contribution in [3.8, 4) is 5.75 Å². The first-order valence-electron chi connectivity index (χ1n) is 11.1. The first-order chi connectivity index (χ1) is 16.9. The van der Waals surface area contributed by atoms with Crippen molar-refractivity contribution in [3.63, 3.8) is 0 Å². The number of pyridine rings is 1. The van der Waals surface area contributed by atoms with Gasteiger partial charge in [0.05, 0.1) is 23.9 Å². The number of amides is 1. The number of benzene rings is 2. The number of fused-ring (bicyclic) bond motifs is 1. The fourth-order valence-corrected chi connectivity index (χ4v) is 7.66. The summed E-state index contributed by atoms with van der Waals surface area (Å²) < 4.78 is 56.1. The number of rotatable bonds is 7. The molecule has 192 valence electrons. The molecule has 0 bridgehead atoms. The van der Waals surface area contributed by atoms with E-state index in [1.807, 2.05) is 37.3 Å². The van der Waals surface area contributed by atoms with Crippen LogP contribution in [0.25, 0.3) is 10.9 Å². The van der Waals surface area contributed by atoms with Crippen molar-refractivity contribution in [3.05, 3.63) is 71.4 Å². The Balaban J connectivity index is 1.65. The Kier molecular flexibility index (Phi) is 7.06. The molecule has 0 aliphatic carbocycles. The third-order valence-electron chi connectivity index (χ3n) is 6.38. The Bertz CT molecular complexity index is 1510. The number of para-hydroxylation sites is 1. The molecule has 36 heavy (non-hydrogen) atoms. The van der Waals surface area contributed by atoms with Crippen molar-refractivity contribution in [2.45, 2.75) is 24.7 Å². The van der Waals surface area contributed by atoms with E-state index in [2.05, 4.69) is 4.98 Å². The maximum absolute atomic E-state index is 13.3. The van der Waals surface area contributed by atoms with E-state index in [0.29, 0.717) is 5.75 Å². The molecule has 1 unspecified atom stereocenters. The number of hydrogen-bond acceptors (Lipinski definition) is 8. The van der Waals surface area contributed by atoms with Crippen LogP contribution in [0, 0.1) is 6.92 Å². The fourth-order valence-electron chi connectivity index (χ4n) is 4.53. The van der Waals surface area contributed by atoms with Gasteiger partial charge in [-0.25, -0.2) is 22.3 Å². The SMILES string of the molecule is Cc1cc(COc2ccc(C3(CC(=O)NO)CN(S(C)(=O)=O)CCS3(=O)=O)cc2)c2ccccc2n1. The number of ether oxygens (including phenoxy) is 1. The molecule has 2 N–H and O–H groups in total. The van der Waals surface area contributed by atoms with Crippen LogP contribution in [0.4, 0.5) is 0 Å². The smallest absolute Gasteiger partial charge is 0.245 e. The second-order valence-electron chi connectivity index (χ2n) is 8.87. The predicted octanol–water partition coefficient (Wildman–Crippen LogP) is 1.90. The average Bonchev–Trinajstić information content (AvgIpc) is 2.83. The molecule has 1 aliphatic rings. The molecule has 4 rings (SSSR count). The van der Waals surface area contributed by atoms with Crippen LogP contribution in [-0.2, 0) is 36.0 Å². The summed E-state index contributed by atoms with van der Waals surface area (Å²) in [7, 11) is -7.68. The number of carbonyl (C=O) groups is 1. The number of sulfonamides is 1. The van der Waals surface area contributed by atoms with Crippen LogP contribution in [0.3, 0.4) is 0 Å². The zero-order chi connectivity index (χ0) is 26.1. The zero-order valence-corrected chi connectivity index (χ0v) is 21.5. The van der Waals surface area contributed by atoms with Crippen LogP contribution in [0.2, 0.25) is 0 Å². The highest BCUT2D eigenvalue weighted by molar-refractivity contribution is 7.93. The van der Waals surface area contributed by atoms with Crippen LogP contribution >= 0.6 is 0 Å². The first kappa shape index (κ1) is 26.0. The van der Waals surface area contributed by atoms with Crippen molar-refractivity contribution in [2.75, 3.05) is 25.1 Å². The molecule has 10 nitrogen and oxygen atoms in total. The summed E-state index contributed by atoms with van der Waals surface area (Å²) in [4.78, 5) is 16.7. The Hall–Kier alpha value is -3.06. The Morgan fingerprint density at radius 1 is 1.19 bits per heavy atom. The number of nitrogens with one attached hydrogen (secondary N) is 1. The van der Waals surface area contributed by atoms with Gasteiger partial charge in [0.2, 0.25) is 15.9 Å². The lowest BCUT2D eigenvalue weighted by molar-refractivity contribution is -0.130. The van der Waals surface area contributed by atoms with Crippen molar-refractivity contribution in [1.29, 1.82) is 0 Å². The fraction of sp³-hybridized carbons (Fsp3) is 0.333. The summed E-state index contributed by atoms with van der Waals surface area (Å²) in [5, 5.41) is 10.1. The number of nitrogens with zero attached hydrogens (tertiary/aromatic N) is 2. The van der Waals surface area contributed by atoms with Gasteiger partial charge in [0, 0.05) is 29.7 Å². The van der Waals surface area contributed by atoms with Gasteiger partial charge < -0.3 is 4.74 Å². The van der Waals surface area contributed by atoms with Gasteiger partial charge in [-0.3, -0.25) is 15.0 Å². The number of hydrogen-bond donors (Lipinski definition) is 2. The van der Waals surface area contributed by atoms with E-state index < -0.39 is 49.2 Å². The minimum atomic E-state index is -3.96. The molecule has 1 atom stereocenters. The third-order valence-corrected chi connectivity index (χ3v) is 10.1. The third kappa shape index (κ3) is 5.07. The molecular formula is C24H27N3O7S2. The standard InChI is InChI=1S/C24H27N3O7S2/c1-17-13-18(21-5-3-4-6-22(21)25-17)15-34-20-9-7-19(8-10-20)24(14-23(28)26-29)16-27(35(2,30)31)11-12-36(24,32)33/h3-10,13,29H,11-12,14-16H2,1-2H3,(H,26,28). The van der Waals surface area contributed by atoms with Gasteiger partial charge in [-0.1, -0.05) is 30.3 Å². The summed E-state index contributed by atoms with van der Waals surface area (Å²) in [6.45, 7) is 1.51. The second-order valence-corrected chi connectivity index (χ2v) is 13.3. The van der Waals surface area contributed by atoms with Crippen LogP contribution < -0.4 is 10.2 Å². The number of carbonyl (C=O) groups excluding carboxylic acids is 1. The minimum absolute atomic E-state index is 0.204. The van der Waals surface area contributed by atoms with Crippen molar-refractivity contribution >= 4 is 36.7 Å². The molecule has 3 aromatic rings. The Labute approximate surface area is 209 Å². The summed E-state index contributed by atoms with van der Waals surface area (Å²) in [6, 6.07) is 15.8. The topological polar surface area (TPSA) is 143 Å². The lowest BCUT2D eigenvalue weighted by Gasteiger charge is -2.41. The number of aromatic nitrogens is 1. The Morgan fingerprint density at radius 3 is 2.56 bits per heavy atom. The average molecular weight is 534 g/mol. The van der Waals surface area contributed by atoms with E-state index in [1.54, 1.807) is 12.1 Å². The molecule has 1 aliphatic heterocycles. The first-order valence-corrected chi connectivity index (χ1v) is 14.6. The van der Waals surface area contributed by atoms with E-state index in [1.165, 1.54) is 17.6 Å². The lowest BCUT2D eigenvalue weighted by Crippen LogP contribution is -2.57. The maximum Gasteiger partial charge on any atom is 0.245 e. The summed E-state index contributed by atoms with van der Waals surface area (Å²) in [5.74, 6) is -0.924. The molecule has 12 heteroatoms. The summed E-state index contributed by atoms with van der Waals surface area (Å²) in [5.41, 5.74) is 4.35. The van der Waals surface area contributed by atoms with Gasteiger partial charge in [0.25, 0.3) is 0 Å². The van der Waals surface area contributed by atoms with Gasteiger partial charge in [0.1, 0.15) is 17.1 Å². The van der Waals surface area contributed by atoms with E-state index in [-0.39, 0.29) is 18.7 Å². The molecule has 1 fully saturated rings. The molecule has 1 amide bonds. The van der Waals surface area contributed by atoms with Crippen LogP contribution in [0.5, 0.6) is 5.75 Å². The van der Waals surface area contributed by atoms with Gasteiger partial charge >= 0.3 is 0 Å². The number of sulfone groups is 1. The molecule has 0 radical (unpaired) electrons. The van der Waals surface area contributed by atoms with E-state index in [9.17, 15) is 21.6 Å². The molecule has 0 saturated carbocycles. The molecule has 2 aromatic carbocycles. The lowest BCUT2D eigenvalue weighted by atomic mass is 9.93. The monoisotopic (exact) mass is 533 g/mol. The van der Waals surface area contributed by atoms with Crippen molar-refractivity contribution in [2.24, 2.45) is 0 Å². The summed E-state index contributed by atoms with van der Waals surface area (Å²) >= 11 is 0. The summed E-state index contributed by atoms with van der Waals surface area (Å²) in [6.07, 6.45) is 0.351. The van der Waals surface area contributed by atoms with E-state index in [0.717, 1.165) is 32.7 Å². The van der Waals surface area contributed by atoms with Gasteiger partial charge in [-0.05, 0) is 36.8 Å². The van der Waals surface area contributed by atoms with Crippen molar-refractivity contribution < 1.29 is 31.6 Å². The Morgan fingerprint density at radius 2 is 1.89 bits per heavy atom. The second kappa shape index (κ2) is 9.77. The van der Waals surface area contributed by atoms with Gasteiger partial charge in [-0.2, -0.15) is 4.31 Å². The molecule has 2 heterocycles. The van der Waals surface area contributed by atoms with Crippen LogP contribution in [-0.4, -0.2) is 62.3 Å².